The van der Waals surface area contributed by atoms with E-state index in [4.69, 9.17) is 9.47 Å². The highest BCUT2D eigenvalue weighted by atomic mass is 16.5. The molecule has 0 aliphatic rings. The summed E-state index contributed by atoms with van der Waals surface area (Å²) < 4.78 is 11.2. The van der Waals surface area contributed by atoms with Crippen molar-refractivity contribution in [2.75, 3.05) is 26.7 Å². The van der Waals surface area contributed by atoms with Crippen molar-refractivity contribution in [3.8, 4) is 11.5 Å². The Bertz CT molecular complexity index is 796. The number of amides is 1. The van der Waals surface area contributed by atoms with Crippen LogP contribution in [0.3, 0.4) is 0 Å². The number of hydrogen-bond donors (Lipinski definition) is 3. The minimum absolute atomic E-state index is 0.00456. The van der Waals surface area contributed by atoms with E-state index < -0.39 is 0 Å². The molecule has 1 amide bonds. The second kappa shape index (κ2) is 13.1. The van der Waals surface area contributed by atoms with Crippen molar-refractivity contribution in [2.45, 2.75) is 32.9 Å². The molecule has 30 heavy (non-hydrogen) atoms. The average molecular weight is 413 g/mol. The Kier molecular flexibility index (Phi) is 10.1. The summed E-state index contributed by atoms with van der Waals surface area (Å²) in [6, 6.07) is 17.4. The van der Waals surface area contributed by atoms with Gasteiger partial charge >= 0.3 is 0 Å². The van der Waals surface area contributed by atoms with Gasteiger partial charge in [-0.25, -0.2) is 4.99 Å². The molecule has 2 aromatic rings. The summed E-state index contributed by atoms with van der Waals surface area (Å²) in [5.41, 5.74) is 1.08. The van der Waals surface area contributed by atoms with Crippen LogP contribution in [0, 0.1) is 0 Å². The first-order valence-electron chi connectivity index (χ1n) is 10.2. The van der Waals surface area contributed by atoms with Gasteiger partial charge in [0.05, 0.1) is 13.7 Å². The Morgan fingerprint density at radius 3 is 2.40 bits per heavy atom. The van der Waals surface area contributed by atoms with E-state index in [-0.39, 0.29) is 12.0 Å². The molecule has 0 fully saturated rings. The number of ether oxygens (including phenoxy) is 2. The zero-order valence-corrected chi connectivity index (χ0v) is 18.0. The third-order valence-electron chi connectivity index (χ3n) is 4.22. The predicted octanol–water partition coefficient (Wildman–Crippen LogP) is 2.72. The van der Waals surface area contributed by atoms with Crippen molar-refractivity contribution in [3.63, 3.8) is 0 Å². The lowest BCUT2D eigenvalue weighted by Gasteiger charge is -2.16. The number of nitrogens with one attached hydrogen (secondary N) is 3. The average Bonchev–Trinajstić information content (AvgIpc) is 2.77. The zero-order chi connectivity index (χ0) is 21.6. The van der Waals surface area contributed by atoms with Crippen LogP contribution in [-0.2, 0) is 11.3 Å². The summed E-state index contributed by atoms with van der Waals surface area (Å²) in [5, 5.41) is 9.29. The van der Waals surface area contributed by atoms with E-state index >= 15 is 0 Å². The lowest BCUT2D eigenvalue weighted by atomic mass is 10.2. The number of guanidine groups is 1. The van der Waals surface area contributed by atoms with Crippen LogP contribution in [0.25, 0.3) is 0 Å². The van der Waals surface area contributed by atoms with E-state index in [0.29, 0.717) is 43.5 Å². The van der Waals surface area contributed by atoms with Gasteiger partial charge in [-0.2, -0.15) is 0 Å². The van der Waals surface area contributed by atoms with E-state index in [0.717, 1.165) is 12.1 Å². The van der Waals surface area contributed by atoms with Crippen LogP contribution in [0.4, 0.5) is 0 Å². The van der Waals surface area contributed by atoms with Crippen molar-refractivity contribution in [1.29, 1.82) is 0 Å². The van der Waals surface area contributed by atoms with Gasteiger partial charge in [0.2, 0.25) is 5.91 Å². The molecule has 3 N–H and O–H groups in total. The molecule has 7 heteroatoms. The molecule has 0 spiro atoms. The van der Waals surface area contributed by atoms with Gasteiger partial charge < -0.3 is 25.4 Å². The SMILES string of the molecule is CCNC(=NCC(C)Oc1ccccc1OC)NCCC(=O)NCc1ccccc1. The minimum Gasteiger partial charge on any atom is -0.493 e. The molecule has 0 radical (unpaired) electrons. The van der Waals surface area contributed by atoms with Gasteiger partial charge in [0.1, 0.15) is 6.10 Å². The fourth-order valence-corrected chi connectivity index (χ4v) is 2.71. The predicted molar refractivity (Wildman–Crippen MR) is 120 cm³/mol. The first-order valence-corrected chi connectivity index (χ1v) is 10.2. The molecule has 0 saturated carbocycles. The van der Waals surface area contributed by atoms with Crippen molar-refractivity contribution in [2.24, 2.45) is 4.99 Å². The second-order valence-corrected chi connectivity index (χ2v) is 6.74. The molecule has 0 aromatic heterocycles. The standard InChI is InChI=1S/C23H32N4O3/c1-4-24-23(25-15-14-22(28)26-17-19-10-6-5-7-11-19)27-16-18(2)30-21-13-9-8-12-20(21)29-3/h5-13,18H,4,14-17H2,1-3H3,(H,26,28)(H2,24,25,27). The van der Waals surface area contributed by atoms with Crippen molar-refractivity contribution in [3.05, 3.63) is 60.2 Å². The van der Waals surface area contributed by atoms with Gasteiger partial charge in [0.15, 0.2) is 17.5 Å². The molecule has 7 nitrogen and oxygen atoms in total. The number of carbonyl (C=O) groups excluding carboxylic acids is 1. The van der Waals surface area contributed by atoms with Crippen LogP contribution in [0.15, 0.2) is 59.6 Å². The number of nitrogens with zero attached hydrogens (tertiary/aromatic N) is 1. The van der Waals surface area contributed by atoms with E-state index in [1.54, 1.807) is 7.11 Å². The number of aliphatic imine (C=N–C) groups is 1. The first-order chi connectivity index (χ1) is 14.6. The topological polar surface area (TPSA) is 84.0 Å². The fraction of sp³-hybridized carbons (Fsp3) is 0.391. The number of benzene rings is 2. The molecule has 2 aromatic carbocycles. The van der Waals surface area contributed by atoms with E-state index in [1.807, 2.05) is 68.4 Å². The van der Waals surface area contributed by atoms with Gasteiger partial charge in [-0.1, -0.05) is 42.5 Å². The number of methoxy groups -OCH3 is 1. The van der Waals surface area contributed by atoms with Crippen LogP contribution in [-0.4, -0.2) is 44.7 Å². The Morgan fingerprint density at radius 2 is 1.70 bits per heavy atom. The molecule has 162 valence electrons. The van der Waals surface area contributed by atoms with Crippen LogP contribution in [0.5, 0.6) is 11.5 Å². The molecule has 0 heterocycles. The summed E-state index contributed by atoms with van der Waals surface area (Å²) in [4.78, 5) is 16.6. The van der Waals surface area contributed by atoms with Crippen LogP contribution >= 0.6 is 0 Å². The minimum atomic E-state index is -0.133. The van der Waals surface area contributed by atoms with Gasteiger partial charge in [-0.15, -0.1) is 0 Å². The van der Waals surface area contributed by atoms with Crippen molar-refractivity contribution < 1.29 is 14.3 Å². The van der Waals surface area contributed by atoms with Crippen molar-refractivity contribution >= 4 is 11.9 Å². The van der Waals surface area contributed by atoms with Crippen LogP contribution < -0.4 is 25.4 Å². The quantitative estimate of drug-likeness (QED) is 0.390. The van der Waals surface area contributed by atoms with Gasteiger partial charge in [-0.3, -0.25) is 4.79 Å². The number of rotatable bonds is 11. The lowest BCUT2D eigenvalue weighted by molar-refractivity contribution is -0.121. The molecule has 0 bridgehead atoms. The molecule has 1 atom stereocenters. The first kappa shape index (κ1) is 23.1. The Balaban J connectivity index is 1.75. The van der Waals surface area contributed by atoms with E-state index in [1.165, 1.54) is 0 Å². The molecule has 2 rings (SSSR count). The Hall–Kier alpha value is -3.22. The normalized spacial score (nSPS) is 12.0. The van der Waals surface area contributed by atoms with E-state index in [2.05, 4.69) is 20.9 Å². The third kappa shape index (κ3) is 8.43. The molecular formula is C23H32N4O3. The van der Waals surface area contributed by atoms with Crippen molar-refractivity contribution in [1.82, 2.24) is 16.0 Å². The van der Waals surface area contributed by atoms with Gasteiger partial charge in [-0.05, 0) is 31.5 Å². The summed E-state index contributed by atoms with van der Waals surface area (Å²) in [5.74, 6) is 2.04. The highest BCUT2D eigenvalue weighted by Gasteiger charge is 2.09. The van der Waals surface area contributed by atoms with Gasteiger partial charge in [0, 0.05) is 26.1 Å². The Morgan fingerprint density at radius 1 is 1.00 bits per heavy atom. The fourth-order valence-electron chi connectivity index (χ4n) is 2.71. The molecule has 0 aliphatic heterocycles. The molecule has 0 saturated heterocycles. The highest BCUT2D eigenvalue weighted by molar-refractivity contribution is 5.81. The number of carbonyl (C=O) groups is 1. The highest BCUT2D eigenvalue weighted by Crippen LogP contribution is 2.26. The largest absolute Gasteiger partial charge is 0.493 e. The number of hydrogen-bond acceptors (Lipinski definition) is 4. The van der Waals surface area contributed by atoms with Gasteiger partial charge in [0.25, 0.3) is 0 Å². The molecule has 0 aliphatic carbocycles. The second-order valence-electron chi connectivity index (χ2n) is 6.74. The zero-order valence-electron chi connectivity index (χ0n) is 18.0. The smallest absolute Gasteiger partial charge is 0.222 e. The van der Waals surface area contributed by atoms with Crippen LogP contribution in [0.1, 0.15) is 25.8 Å². The molecule has 1 unspecified atom stereocenters. The van der Waals surface area contributed by atoms with Crippen LogP contribution in [0.2, 0.25) is 0 Å². The maximum Gasteiger partial charge on any atom is 0.222 e. The third-order valence-corrected chi connectivity index (χ3v) is 4.22. The maximum atomic E-state index is 12.0. The summed E-state index contributed by atoms with van der Waals surface area (Å²) in [7, 11) is 1.62. The monoisotopic (exact) mass is 412 g/mol. The Labute approximate surface area is 178 Å². The summed E-state index contributed by atoms with van der Waals surface area (Å²) in [6.07, 6.45) is 0.232. The summed E-state index contributed by atoms with van der Waals surface area (Å²) >= 11 is 0. The summed E-state index contributed by atoms with van der Waals surface area (Å²) in [6.45, 7) is 6.18. The maximum absolute atomic E-state index is 12.0. The number of para-hydroxylation sites is 2. The van der Waals surface area contributed by atoms with E-state index in [9.17, 15) is 4.79 Å². The lowest BCUT2D eigenvalue weighted by Crippen LogP contribution is -2.40. The molecular weight excluding hydrogens is 380 g/mol.